The van der Waals surface area contributed by atoms with E-state index in [-0.39, 0.29) is 6.03 Å². The molecule has 0 bridgehead atoms. The van der Waals surface area contributed by atoms with Gasteiger partial charge in [-0.3, -0.25) is 4.90 Å². The monoisotopic (exact) mass is 260 g/mol. The Bertz CT molecular complexity index is 429. The first kappa shape index (κ1) is 12.5. The van der Waals surface area contributed by atoms with Gasteiger partial charge in [0.2, 0.25) is 0 Å². The minimum atomic E-state index is 0.151. The minimum Gasteiger partial charge on any atom is -0.381 e. The maximum absolute atomic E-state index is 12.4. The molecule has 0 radical (unpaired) electrons. The van der Waals surface area contributed by atoms with Crippen molar-refractivity contribution in [3.63, 3.8) is 0 Å². The molecule has 0 aliphatic carbocycles. The predicted octanol–water partition coefficient (Wildman–Crippen LogP) is 2.36. The van der Waals surface area contributed by atoms with E-state index < -0.39 is 0 Å². The second kappa shape index (κ2) is 5.61. The number of hydrogen-bond acceptors (Lipinski definition) is 2. The van der Waals surface area contributed by atoms with E-state index in [0.717, 1.165) is 51.4 Å². The summed E-state index contributed by atoms with van der Waals surface area (Å²) >= 11 is 0. The fourth-order valence-electron chi connectivity index (χ4n) is 2.84. The molecule has 2 saturated heterocycles. The van der Waals surface area contributed by atoms with Crippen LogP contribution >= 0.6 is 0 Å². The van der Waals surface area contributed by atoms with Crippen LogP contribution in [0.1, 0.15) is 12.8 Å². The van der Waals surface area contributed by atoms with Gasteiger partial charge in [-0.2, -0.15) is 0 Å². The van der Waals surface area contributed by atoms with Crippen molar-refractivity contribution in [2.24, 2.45) is 5.92 Å². The number of benzene rings is 1. The van der Waals surface area contributed by atoms with E-state index in [4.69, 9.17) is 4.74 Å². The summed E-state index contributed by atoms with van der Waals surface area (Å²) in [6.45, 7) is 4.20. The Morgan fingerprint density at radius 3 is 2.58 bits per heavy atom. The molecule has 19 heavy (non-hydrogen) atoms. The number of urea groups is 1. The van der Waals surface area contributed by atoms with E-state index >= 15 is 0 Å². The smallest absolute Gasteiger partial charge is 0.324 e. The first-order chi connectivity index (χ1) is 9.34. The van der Waals surface area contributed by atoms with Crippen molar-refractivity contribution in [2.75, 3.05) is 37.7 Å². The minimum absolute atomic E-state index is 0.151. The van der Waals surface area contributed by atoms with Gasteiger partial charge < -0.3 is 9.64 Å². The summed E-state index contributed by atoms with van der Waals surface area (Å²) in [4.78, 5) is 16.3. The van der Waals surface area contributed by atoms with Crippen LogP contribution in [0.15, 0.2) is 30.3 Å². The van der Waals surface area contributed by atoms with Gasteiger partial charge in [-0.05, 0) is 30.9 Å². The molecular weight excluding hydrogens is 240 g/mol. The van der Waals surface area contributed by atoms with Gasteiger partial charge in [0.25, 0.3) is 0 Å². The molecule has 0 saturated carbocycles. The average molecular weight is 260 g/mol. The molecule has 4 nitrogen and oxygen atoms in total. The summed E-state index contributed by atoms with van der Waals surface area (Å²) in [5.41, 5.74) is 1.00. The maximum atomic E-state index is 12.4. The molecule has 3 rings (SSSR count). The highest BCUT2D eigenvalue weighted by Gasteiger charge is 2.31. The Labute approximate surface area is 113 Å². The average Bonchev–Trinajstić information content (AvgIpc) is 2.82. The first-order valence-electron chi connectivity index (χ1n) is 7.04. The molecule has 0 N–H and O–H groups in total. The molecule has 0 spiro atoms. The number of para-hydroxylation sites is 1. The van der Waals surface area contributed by atoms with Gasteiger partial charge in [-0.1, -0.05) is 18.2 Å². The van der Waals surface area contributed by atoms with Crippen molar-refractivity contribution in [3.8, 4) is 0 Å². The first-order valence-corrected chi connectivity index (χ1v) is 7.04. The summed E-state index contributed by atoms with van der Waals surface area (Å²) in [6.07, 6.45) is 2.16. The largest absolute Gasteiger partial charge is 0.381 e. The van der Waals surface area contributed by atoms with Gasteiger partial charge in [-0.15, -0.1) is 0 Å². The molecule has 102 valence electrons. The quantitative estimate of drug-likeness (QED) is 0.835. The van der Waals surface area contributed by atoms with Crippen molar-refractivity contribution in [3.05, 3.63) is 30.3 Å². The third-order valence-corrected chi connectivity index (χ3v) is 3.98. The van der Waals surface area contributed by atoms with E-state index in [9.17, 15) is 4.79 Å². The Hall–Kier alpha value is -1.55. The molecule has 2 aliphatic rings. The molecule has 1 aromatic rings. The topological polar surface area (TPSA) is 32.8 Å². The lowest BCUT2D eigenvalue weighted by atomic mass is 10.00. The maximum Gasteiger partial charge on any atom is 0.324 e. The van der Waals surface area contributed by atoms with Crippen molar-refractivity contribution < 1.29 is 9.53 Å². The SMILES string of the molecule is O=C1N(CC2CCOCC2)CCN1c1ccccc1. The lowest BCUT2D eigenvalue weighted by Gasteiger charge is -2.27. The standard InChI is InChI=1S/C15H20N2O2/c18-15-16(12-13-6-10-19-11-7-13)8-9-17(15)14-4-2-1-3-5-14/h1-5,13H,6-12H2. The third-order valence-electron chi connectivity index (χ3n) is 3.98. The molecule has 1 aromatic carbocycles. The molecular formula is C15H20N2O2. The molecule has 2 heterocycles. The van der Waals surface area contributed by atoms with E-state index in [1.54, 1.807) is 0 Å². The van der Waals surface area contributed by atoms with Crippen LogP contribution in [-0.4, -0.2) is 43.8 Å². The predicted molar refractivity (Wildman–Crippen MR) is 74.3 cm³/mol. The fraction of sp³-hybridized carbons (Fsp3) is 0.533. The fourth-order valence-corrected chi connectivity index (χ4v) is 2.84. The number of hydrogen-bond donors (Lipinski definition) is 0. The zero-order valence-corrected chi connectivity index (χ0v) is 11.1. The van der Waals surface area contributed by atoms with Crippen molar-refractivity contribution in [1.29, 1.82) is 0 Å². The summed E-state index contributed by atoms with van der Waals surface area (Å²) in [7, 11) is 0. The molecule has 2 aliphatic heterocycles. The highest BCUT2D eigenvalue weighted by atomic mass is 16.5. The van der Waals surface area contributed by atoms with E-state index in [0.29, 0.717) is 5.92 Å². The van der Waals surface area contributed by atoms with Crippen LogP contribution in [0.3, 0.4) is 0 Å². The van der Waals surface area contributed by atoms with E-state index in [1.807, 2.05) is 40.1 Å². The molecule has 2 fully saturated rings. The molecule has 0 atom stereocenters. The zero-order chi connectivity index (χ0) is 13.1. The number of amides is 2. The van der Waals surface area contributed by atoms with E-state index in [1.165, 1.54) is 0 Å². The van der Waals surface area contributed by atoms with Gasteiger partial charge in [0.1, 0.15) is 0 Å². The second-order valence-electron chi connectivity index (χ2n) is 5.27. The number of rotatable bonds is 3. The number of anilines is 1. The van der Waals surface area contributed by atoms with Crippen LogP contribution in [-0.2, 0) is 4.74 Å². The van der Waals surface area contributed by atoms with Crippen LogP contribution in [0, 0.1) is 5.92 Å². The van der Waals surface area contributed by atoms with Gasteiger partial charge in [-0.25, -0.2) is 4.79 Å². The number of carbonyl (C=O) groups is 1. The molecule has 0 aromatic heterocycles. The second-order valence-corrected chi connectivity index (χ2v) is 5.27. The van der Waals surface area contributed by atoms with Crippen LogP contribution < -0.4 is 4.90 Å². The molecule has 2 amide bonds. The van der Waals surface area contributed by atoms with Gasteiger partial charge in [0, 0.05) is 38.5 Å². The normalized spacial score (nSPS) is 21.2. The highest BCUT2D eigenvalue weighted by molar-refractivity contribution is 5.94. The van der Waals surface area contributed by atoms with Gasteiger partial charge >= 0.3 is 6.03 Å². The van der Waals surface area contributed by atoms with Crippen LogP contribution in [0.2, 0.25) is 0 Å². The van der Waals surface area contributed by atoms with Gasteiger partial charge in [0.05, 0.1) is 0 Å². The van der Waals surface area contributed by atoms with Crippen molar-refractivity contribution in [2.45, 2.75) is 12.8 Å². The Morgan fingerprint density at radius 1 is 1.11 bits per heavy atom. The highest BCUT2D eigenvalue weighted by Crippen LogP contribution is 2.23. The van der Waals surface area contributed by atoms with Crippen LogP contribution in [0.25, 0.3) is 0 Å². The number of ether oxygens (including phenoxy) is 1. The number of carbonyl (C=O) groups excluding carboxylic acids is 1. The van der Waals surface area contributed by atoms with Crippen molar-refractivity contribution in [1.82, 2.24) is 4.90 Å². The molecule has 4 heteroatoms. The summed E-state index contributed by atoms with van der Waals surface area (Å²) in [5.74, 6) is 0.605. The lowest BCUT2D eigenvalue weighted by molar-refractivity contribution is 0.0584. The van der Waals surface area contributed by atoms with Crippen LogP contribution in [0.4, 0.5) is 10.5 Å². The van der Waals surface area contributed by atoms with Crippen molar-refractivity contribution >= 4 is 11.7 Å². The van der Waals surface area contributed by atoms with Gasteiger partial charge in [0.15, 0.2) is 0 Å². The molecule has 0 unspecified atom stereocenters. The van der Waals surface area contributed by atoms with Crippen LogP contribution in [0.5, 0.6) is 0 Å². The summed E-state index contributed by atoms with van der Waals surface area (Å²) in [5, 5.41) is 0. The zero-order valence-electron chi connectivity index (χ0n) is 11.1. The number of nitrogens with zero attached hydrogens (tertiary/aromatic N) is 2. The van der Waals surface area contributed by atoms with E-state index in [2.05, 4.69) is 0 Å². The Morgan fingerprint density at radius 2 is 1.84 bits per heavy atom. The Balaban J connectivity index is 1.62. The summed E-state index contributed by atoms with van der Waals surface area (Å²) in [6, 6.07) is 10.1. The lowest BCUT2D eigenvalue weighted by Crippen LogP contribution is -2.36. The summed E-state index contributed by atoms with van der Waals surface area (Å²) < 4.78 is 5.37. The third kappa shape index (κ3) is 2.73. The Kier molecular flexibility index (Phi) is 3.69.